The molecule has 0 saturated carbocycles. The van der Waals surface area contributed by atoms with Crippen LogP contribution < -0.4 is 0 Å². The monoisotopic (exact) mass is 410 g/mol. The van der Waals surface area contributed by atoms with Crippen LogP contribution in [0.25, 0.3) is 0 Å². The fourth-order valence-corrected chi connectivity index (χ4v) is 4.20. The third-order valence-corrected chi connectivity index (χ3v) is 6.14. The molecule has 130 valence electrons. The Morgan fingerprint density at radius 2 is 1.76 bits per heavy atom. The molecule has 0 fully saturated rings. The molecule has 0 spiro atoms. The molecular formula is C19H17Cl3N2S. The highest BCUT2D eigenvalue weighted by Gasteiger charge is 2.09. The van der Waals surface area contributed by atoms with Gasteiger partial charge in [-0.05, 0) is 42.7 Å². The second kappa shape index (κ2) is 9.00. The van der Waals surface area contributed by atoms with Crippen molar-refractivity contribution in [2.24, 2.45) is 0 Å². The zero-order valence-electron chi connectivity index (χ0n) is 13.4. The predicted octanol–water partition coefficient (Wildman–Crippen LogP) is 6.58. The predicted molar refractivity (Wildman–Crippen MR) is 107 cm³/mol. The van der Waals surface area contributed by atoms with Crippen molar-refractivity contribution in [2.45, 2.75) is 34.6 Å². The Labute approximate surface area is 167 Å². The van der Waals surface area contributed by atoms with Gasteiger partial charge in [-0.2, -0.15) is 0 Å². The summed E-state index contributed by atoms with van der Waals surface area (Å²) in [4.78, 5) is 6.03. The van der Waals surface area contributed by atoms with E-state index in [-0.39, 0.29) is 5.38 Å². The van der Waals surface area contributed by atoms with Crippen molar-refractivity contribution in [1.29, 1.82) is 0 Å². The highest BCUT2D eigenvalue weighted by molar-refractivity contribution is 7.99. The van der Waals surface area contributed by atoms with E-state index in [0.29, 0.717) is 10.0 Å². The average Bonchev–Trinajstić information content (AvgIpc) is 3.10. The van der Waals surface area contributed by atoms with Crippen molar-refractivity contribution >= 4 is 46.6 Å². The number of halogens is 3. The molecule has 25 heavy (non-hydrogen) atoms. The van der Waals surface area contributed by atoms with Gasteiger partial charge in [0, 0.05) is 28.7 Å². The number of imidazole rings is 1. The van der Waals surface area contributed by atoms with E-state index in [1.165, 1.54) is 5.56 Å². The van der Waals surface area contributed by atoms with E-state index in [1.54, 1.807) is 24.3 Å². The molecular weight excluding hydrogens is 395 g/mol. The lowest BCUT2D eigenvalue weighted by Gasteiger charge is -2.11. The number of rotatable bonds is 7. The minimum absolute atomic E-state index is 0.0881. The van der Waals surface area contributed by atoms with Crippen LogP contribution in [0, 0.1) is 0 Å². The summed E-state index contributed by atoms with van der Waals surface area (Å²) >= 11 is 20.4. The minimum atomic E-state index is 0.0881. The molecule has 0 saturated heterocycles. The van der Waals surface area contributed by atoms with Gasteiger partial charge in [0.05, 0.1) is 21.7 Å². The highest BCUT2D eigenvalue weighted by Crippen LogP contribution is 2.38. The number of hydrogen-bond acceptors (Lipinski definition) is 2. The summed E-state index contributed by atoms with van der Waals surface area (Å²) in [5.41, 5.74) is 1.27. The van der Waals surface area contributed by atoms with Gasteiger partial charge in [-0.15, -0.1) is 11.6 Å². The molecule has 3 aromatic rings. The zero-order valence-corrected chi connectivity index (χ0v) is 16.5. The maximum Gasteiger partial charge on any atom is 0.0946 e. The standard InChI is InChI=1S/C19H17Cl3N2S/c20-15(12-24-11-10-23-13-24)7-4-14-5-8-16(9-6-14)25-19-17(21)2-1-3-18(19)22/h1-3,5-6,8-11,13,15H,4,7,12H2. The van der Waals surface area contributed by atoms with Gasteiger partial charge in [-0.1, -0.05) is 53.2 Å². The van der Waals surface area contributed by atoms with Crippen molar-refractivity contribution in [3.8, 4) is 0 Å². The lowest BCUT2D eigenvalue weighted by molar-refractivity contribution is 0.617. The maximum atomic E-state index is 6.41. The normalized spacial score (nSPS) is 12.3. The molecule has 1 aromatic heterocycles. The van der Waals surface area contributed by atoms with E-state index in [9.17, 15) is 0 Å². The lowest BCUT2D eigenvalue weighted by Crippen LogP contribution is -2.10. The molecule has 0 aliphatic rings. The summed E-state index contributed by atoms with van der Waals surface area (Å²) in [6.07, 6.45) is 7.36. The number of nitrogens with zero attached hydrogens (tertiary/aromatic N) is 2. The fourth-order valence-electron chi connectivity index (χ4n) is 2.46. The molecule has 0 bridgehead atoms. The number of alkyl halides is 1. The molecule has 0 N–H and O–H groups in total. The second-order valence-electron chi connectivity index (χ2n) is 5.69. The van der Waals surface area contributed by atoms with Crippen LogP contribution in [0.15, 0.2) is 71.0 Å². The van der Waals surface area contributed by atoms with E-state index in [2.05, 4.69) is 29.2 Å². The Kier molecular flexibility index (Phi) is 6.71. The fraction of sp³-hybridized carbons (Fsp3) is 0.211. The van der Waals surface area contributed by atoms with Crippen molar-refractivity contribution in [1.82, 2.24) is 9.55 Å². The number of hydrogen-bond donors (Lipinski definition) is 0. The molecule has 0 aliphatic carbocycles. The molecule has 3 rings (SSSR count). The number of benzene rings is 2. The lowest BCUT2D eigenvalue weighted by atomic mass is 10.1. The first-order chi connectivity index (χ1) is 12.1. The molecule has 1 unspecified atom stereocenters. The van der Waals surface area contributed by atoms with Gasteiger partial charge in [0.25, 0.3) is 0 Å². The van der Waals surface area contributed by atoms with Gasteiger partial charge in [-0.25, -0.2) is 4.98 Å². The molecule has 2 aromatic carbocycles. The van der Waals surface area contributed by atoms with Crippen molar-refractivity contribution in [3.63, 3.8) is 0 Å². The molecule has 0 amide bonds. The van der Waals surface area contributed by atoms with Gasteiger partial charge < -0.3 is 4.57 Å². The third kappa shape index (κ3) is 5.42. The van der Waals surface area contributed by atoms with Gasteiger partial charge in [-0.3, -0.25) is 0 Å². The Hall–Kier alpha value is -1.13. The summed E-state index contributed by atoms with van der Waals surface area (Å²) in [5.74, 6) is 0. The molecule has 1 atom stereocenters. The highest BCUT2D eigenvalue weighted by atomic mass is 35.5. The van der Waals surface area contributed by atoms with Crippen LogP contribution in [0.5, 0.6) is 0 Å². The first-order valence-electron chi connectivity index (χ1n) is 7.92. The van der Waals surface area contributed by atoms with Crippen LogP contribution in [0.2, 0.25) is 10.0 Å². The summed E-state index contributed by atoms with van der Waals surface area (Å²) in [5, 5.41) is 1.43. The number of aryl methyl sites for hydroxylation is 1. The first-order valence-corrected chi connectivity index (χ1v) is 9.93. The Morgan fingerprint density at radius 3 is 2.40 bits per heavy atom. The van der Waals surface area contributed by atoms with Crippen molar-refractivity contribution in [2.75, 3.05) is 0 Å². The summed E-state index contributed by atoms with van der Waals surface area (Å²) < 4.78 is 2.00. The molecule has 6 heteroatoms. The Balaban J connectivity index is 1.55. The first kappa shape index (κ1) is 18.7. The number of aromatic nitrogens is 2. The largest absolute Gasteiger partial charge is 0.336 e. The van der Waals surface area contributed by atoms with E-state index in [0.717, 1.165) is 29.2 Å². The Morgan fingerprint density at radius 1 is 1.04 bits per heavy atom. The smallest absolute Gasteiger partial charge is 0.0946 e. The molecule has 2 nitrogen and oxygen atoms in total. The summed E-state index contributed by atoms with van der Waals surface area (Å²) in [6, 6.07) is 14.0. The maximum absolute atomic E-state index is 6.41. The van der Waals surface area contributed by atoms with E-state index < -0.39 is 0 Å². The van der Waals surface area contributed by atoms with E-state index in [1.807, 2.05) is 29.0 Å². The van der Waals surface area contributed by atoms with Gasteiger partial charge in [0.2, 0.25) is 0 Å². The van der Waals surface area contributed by atoms with Crippen LogP contribution in [0.4, 0.5) is 0 Å². The van der Waals surface area contributed by atoms with Crippen LogP contribution >= 0.6 is 46.6 Å². The van der Waals surface area contributed by atoms with Crippen LogP contribution in [-0.2, 0) is 13.0 Å². The van der Waals surface area contributed by atoms with Gasteiger partial charge >= 0.3 is 0 Å². The van der Waals surface area contributed by atoms with Crippen molar-refractivity contribution in [3.05, 3.63) is 76.8 Å². The van der Waals surface area contributed by atoms with Gasteiger partial charge in [0.15, 0.2) is 0 Å². The van der Waals surface area contributed by atoms with Crippen LogP contribution in [-0.4, -0.2) is 14.9 Å². The summed E-state index contributed by atoms with van der Waals surface area (Å²) in [7, 11) is 0. The summed E-state index contributed by atoms with van der Waals surface area (Å²) in [6.45, 7) is 0.778. The Bertz CT molecular complexity index is 784. The topological polar surface area (TPSA) is 17.8 Å². The molecule has 0 aliphatic heterocycles. The van der Waals surface area contributed by atoms with Crippen LogP contribution in [0.3, 0.4) is 0 Å². The molecule has 1 heterocycles. The minimum Gasteiger partial charge on any atom is -0.336 e. The molecule has 0 radical (unpaired) electrons. The second-order valence-corrected chi connectivity index (χ2v) is 8.21. The zero-order chi connectivity index (χ0) is 17.6. The van der Waals surface area contributed by atoms with Gasteiger partial charge in [0.1, 0.15) is 0 Å². The SMILES string of the molecule is Clc1cccc(Cl)c1Sc1ccc(CCC(Cl)Cn2ccnc2)cc1. The quantitative estimate of drug-likeness (QED) is 0.408. The average molecular weight is 412 g/mol. The van der Waals surface area contributed by atoms with E-state index in [4.69, 9.17) is 34.8 Å². The van der Waals surface area contributed by atoms with Crippen LogP contribution in [0.1, 0.15) is 12.0 Å². The van der Waals surface area contributed by atoms with E-state index >= 15 is 0 Å². The third-order valence-electron chi connectivity index (χ3n) is 3.78. The van der Waals surface area contributed by atoms with Crippen molar-refractivity contribution < 1.29 is 0 Å².